The summed E-state index contributed by atoms with van der Waals surface area (Å²) in [5.41, 5.74) is 7.00. The Hall–Kier alpha value is -2.05. The second-order valence-electron chi connectivity index (χ2n) is 4.14. The molecule has 0 aliphatic rings. The van der Waals surface area contributed by atoms with Gasteiger partial charge < -0.3 is 16.3 Å². The molecule has 0 saturated heterocycles. The minimum absolute atomic E-state index is 0.0289. The highest BCUT2D eigenvalue weighted by Gasteiger charge is 2.11. The van der Waals surface area contributed by atoms with E-state index in [1.54, 1.807) is 42.5 Å². The van der Waals surface area contributed by atoms with Crippen molar-refractivity contribution in [1.29, 1.82) is 0 Å². The maximum absolute atomic E-state index is 12.2. The smallest absolute Gasteiger partial charge is 0.256 e. The summed E-state index contributed by atoms with van der Waals surface area (Å²) in [4.78, 5) is 12.2. The standard InChI is InChI=1S/C14H11BrClN3O2/c15-12-7-9(16)4-5-11(12)14(20)18-10-3-1-2-8(6-10)13(17)19-21/h1-7,21H,(H2,17,19)(H,18,20). The lowest BCUT2D eigenvalue weighted by Gasteiger charge is -2.08. The van der Waals surface area contributed by atoms with E-state index in [9.17, 15) is 4.79 Å². The van der Waals surface area contributed by atoms with E-state index in [4.69, 9.17) is 22.5 Å². The third kappa shape index (κ3) is 3.74. The second-order valence-corrected chi connectivity index (χ2v) is 5.44. The van der Waals surface area contributed by atoms with E-state index < -0.39 is 0 Å². The molecule has 4 N–H and O–H groups in total. The first-order chi connectivity index (χ1) is 10.0. The SMILES string of the molecule is N/C(=N/O)c1cccc(NC(=O)c2ccc(Cl)cc2Br)c1. The summed E-state index contributed by atoms with van der Waals surface area (Å²) in [6.07, 6.45) is 0. The van der Waals surface area contributed by atoms with Crippen LogP contribution in [0.1, 0.15) is 15.9 Å². The number of benzene rings is 2. The number of nitrogens with two attached hydrogens (primary N) is 1. The summed E-state index contributed by atoms with van der Waals surface area (Å²) >= 11 is 9.13. The van der Waals surface area contributed by atoms with Crippen molar-refractivity contribution >= 4 is 45.0 Å². The number of oxime groups is 1. The van der Waals surface area contributed by atoms with Gasteiger partial charge in [-0.25, -0.2) is 0 Å². The zero-order chi connectivity index (χ0) is 15.4. The Morgan fingerprint density at radius 3 is 2.71 bits per heavy atom. The molecule has 2 aromatic rings. The van der Waals surface area contributed by atoms with Gasteiger partial charge in [0.05, 0.1) is 5.56 Å². The van der Waals surface area contributed by atoms with Crippen LogP contribution in [0.4, 0.5) is 5.69 Å². The monoisotopic (exact) mass is 367 g/mol. The van der Waals surface area contributed by atoms with Crippen molar-refractivity contribution in [2.45, 2.75) is 0 Å². The fraction of sp³-hybridized carbons (Fsp3) is 0. The van der Waals surface area contributed by atoms with Gasteiger partial charge in [0.2, 0.25) is 0 Å². The first-order valence-electron chi connectivity index (χ1n) is 5.85. The van der Waals surface area contributed by atoms with Crippen LogP contribution in [0.3, 0.4) is 0 Å². The van der Waals surface area contributed by atoms with Crippen LogP contribution in [-0.4, -0.2) is 17.0 Å². The van der Waals surface area contributed by atoms with Crippen LogP contribution in [0, 0.1) is 0 Å². The number of carbonyl (C=O) groups excluding carboxylic acids is 1. The topological polar surface area (TPSA) is 87.7 Å². The molecule has 0 heterocycles. The van der Waals surface area contributed by atoms with Crippen molar-refractivity contribution in [3.05, 3.63) is 63.1 Å². The van der Waals surface area contributed by atoms with Gasteiger partial charge in [0.25, 0.3) is 5.91 Å². The van der Waals surface area contributed by atoms with Crippen LogP contribution >= 0.6 is 27.5 Å². The zero-order valence-electron chi connectivity index (χ0n) is 10.7. The van der Waals surface area contributed by atoms with Crippen molar-refractivity contribution in [2.24, 2.45) is 10.9 Å². The molecule has 7 heteroatoms. The van der Waals surface area contributed by atoms with Crippen LogP contribution in [-0.2, 0) is 0 Å². The number of amides is 1. The second kappa shape index (κ2) is 6.60. The Balaban J connectivity index is 2.23. The number of nitrogens with one attached hydrogen (secondary N) is 1. The normalized spacial score (nSPS) is 11.2. The number of anilines is 1. The first-order valence-corrected chi connectivity index (χ1v) is 7.02. The largest absolute Gasteiger partial charge is 0.409 e. The molecule has 108 valence electrons. The van der Waals surface area contributed by atoms with Gasteiger partial charge in [-0.05, 0) is 46.3 Å². The van der Waals surface area contributed by atoms with Crippen molar-refractivity contribution in [1.82, 2.24) is 0 Å². The average molecular weight is 369 g/mol. The van der Waals surface area contributed by atoms with Crippen molar-refractivity contribution < 1.29 is 10.0 Å². The van der Waals surface area contributed by atoms with Gasteiger partial charge in [0.15, 0.2) is 5.84 Å². The van der Waals surface area contributed by atoms with E-state index >= 15 is 0 Å². The molecule has 0 aliphatic carbocycles. The van der Waals surface area contributed by atoms with Crippen LogP contribution in [0.5, 0.6) is 0 Å². The molecule has 2 aromatic carbocycles. The van der Waals surface area contributed by atoms with E-state index in [-0.39, 0.29) is 11.7 Å². The minimum Gasteiger partial charge on any atom is -0.409 e. The molecule has 21 heavy (non-hydrogen) atoms. The highest BCUT2D eigenvalue weighted by molar-refractivity contribution is 9.10. The van der Waals surface area contributed by atoms with Crippen LogP contribution in [0.2, 0.25) is 5.02 Å². The van der Waals surface area contributed by atoms with E-state index in [0.29, 0.717) is 26.3 Å². The quantitative estimate of drug-likeness (QED) is 0.335. The summed E-state index contributed by atoms with van der Waals surface area (Å²) in [6.45, 7) is 0. The number of carbonyl (C=O) groups is 1. The molecule has 0 aliphatic heterocycles. The third-order valence-corrected chi connectivity index (χ3v) is 3.59. The lowest BCUT2D eigenvalue weighted by Crippen LogP contribution is -2.15. The summed E-state index contributed by atoms with van der Waals surface area (Å²) in [6, 6.07) is 11.6. The molecular formula is C14H11BrClN3O2. The molecule has 2 rings (SSSR count). The van der Waals surface area contributed by atoms with Gasteiger partial charge in [-0.3, -0.25) is 4.79 Å². The molecule has 0 aromatic heterocycles. The Kier molecular flexibility index (Phi) is 4.82. The lowest BCUT2D eigenvalue weighted by molar-refractivity contribution is 0.102. The van der Waals surface area contributed by atoms with Gasteiger partial charge in [-0.15, -0.1) is 0 Å². The summed E-state index contributed by atoms with van der Waals surface area (Å²) in [5, 5.41) is 14.8. The number of nitrogens with zero attached hydrogens (tertiary/aromatic N) is 1. The fourth-order valence-corrected chi connectivity index (χ4v) is 2.55. The van der Waals surface area contributed by atoms with Crippen molar-refractivity contribution in [2.75, 3.05) is 5.32 Å². The van der Waals surface area contributed by atoms with Crippen LogP contribution < -0.4 is 11.1 Å². The molecular weight excluding hydrogens is 358 g/mol. The number of hydrogen-bond acceptors (Lipinski definition) is 3. The highest BCUT2D eigenvalue weighted by Crippen LogP contribution is 2.22. The van der Waals surface area contributed by atoms with Gasteiger partial charge in [0.1, 0.15) is 0 Å². The van der Waals surface area contributed by atoms with Crippen molar-refractivity contribution in [3.8, 4) is 0 Å². The highest BCUT2D eigenvalue weighted by atomic mass is 79.9. The zero-order valence-corrected chi connectivity index (χ0v) is 13.0. The number of amidine groups is 1. The van der Waals surface area contributed by atoms with Gasteiger partial charge in [0, 0.05) is 20.7 Å². The molecule has 0 radical (unpaired) electrons. The van der Waals surface area contributed by atoms with Crippen LogP contribution in [0.25, 0.3) is 0 Å². The molecule has 0 bridgehead atoms. The molecule has 1 amide bonds. The molecule has 0 saturated carbocycles. The molecule has 0 unspecified atom stereocenters. The number of halogens is 2. The van der Waals surface area contributed by atoms with E-state index in [0.717, 1.165) is 0 Å². The minimum atomic E-state index is -0.296. The van der Waals surface area contributed by atoms with Crippen LogP contribution in [0.15, 0.2) is 52.1 Å². The van der Waals surface area contributed by atoms with Gasteiger partial charge in [-0.2, -0.15) is 0 Å². The van der Waals surface area contributed by atoms with Gasteiger partial charge >= 0.3 is 0 Å². The predicted octanol–water partition coefficient (Wildman–Crippen LogP) is 3.45. The fourth-order valence-electron chi connectivity index (χ4n) is 1.69. The molecule has 0 spiro atoms. The third-order valence-electron chi connectivity index (χ3n) is 2.70. The molecule has 5 nitrogen and oxygen atoms in total. The maximum Gasteiger partial charge on any atom is 0.256 e. The summed E-state index contributed by atoms with van der Waals surface area (Å²) < 4.78 is 0.597. The average Bonchev–Trinajstić information content (AvgIpc) is 2.46. The summed E-state index contributed by atoms with van der Waals surface area (Å²) in [7, 11) is 0. The summed E-state index contributed by atoms with van der Waals surface area (Å²) in [5.74, 6) is -0.325. The Morgan fingerprint density at radius 2 is 2.05 bits per heavy atom. The molecule has 0 fully saturated rings. The van der Waals surface area contributed by atoms with E-state index in [2.05, 4.69) is 26.4 Å². The number of rotatable bonds is 3. The molecule has 0 atom stereocenters. The van der Waals surface area contributed by atoms with Crippen molar-refractivity contribution in [3.63, 3.8) is 0 Å². The number of hydrogen-bond donors (Lipinski definition) is 3. The first kappa shape index (κ1) is 15.3. The Morgan fingerprint density at radius 1 is 1.29 bits per heavy atom. The Labute approximate surface area is 134 Å². The van der Waals surface area contributed by atoms with E-state index in [1.165, 1.54) is 0 Å². The Bertz CT molecular complexity index is 719. The predicted molar refractivity (Wildman–Crippen MR) is 86.1 cm³/mol. The van der Waals surface area contributed by atoms with E-state index in [1.807, 2.05) is 0 Å². The lowest BCUT2D eigenvalue weighted by atomic mass is 10.1. The maximum atomic E-state index is 12.2. The van der Waals surface area contributed by atoms with Gasteiger partial charge in [-0.1, -0.05) is 28.9 Å².